The number of hydrogen-bond acceptors (Lipinski definition) is 6. The quantitative estimate of drug-likeness (QED) is 0.160. The van der Waals surface area contributed by atoms with Gasteiger partial charge >= 0.3 is 0 Å². The lowest BCUT2D eigenvalue weighted by Gasteiger charge is -2.39. The predicted molar refractivity (Wildman–Crippen MR) is 214 cm³/mol. The van der Waals surface area contributed by atoms with E-state index in [2.05, 4.69) is 68.3 Å². The number of likely N-dealkylation sites (tertiary alicyclic amines) is 2. The number of ether oxygens (including phenoxy) is 2. The molecule has 3 saturated heterocycles. The molecule has 2 aromatic carbocycles. The number of halogens is 2. The first-order valence-corrected chi connectivity index (χ1v) is 19.8. The van der Waals surface area contributed by atoms with Crippen LogP contribution in [0.1, 0.15) is 64.7 Å². The zero-order valence-corrected chi connectivity index (χ0v) is 32.6. The maximum Gasteiger partial charge on any atom is 0.275 e. The molecule has 0 atom stereocenters. The first kappa shape index (κ1) is 38.4. The van der Waals surface area contributed by atoms with Crippen molar-refractivity contribution in [3.63, 3.8) is 0 Å². The Morgan fingerprint density at radius 2 is 1.37 bits per heavy atom. The molecule has 5 aromatic rings. The van der Waals surface area contributed by atoms with Gasteiger partial charge in [-0.25, -0.2) is 0 Å². The molecular weight excluding hydrogens is 723 g/mol. The molecule has 1 amide bonds. The fourth-order valence-electron chi connectivity index (χ4n) is 7.89. The van der Waals surface area contributed by atoms with Crippen molar-refractivity contribution in [3.05, 3.63) is 128 Å². The van der Waals surface area contributed by atoms with Gasteiger partial charge in [0.2, 0.25) is 0 Å². The molecule has 0 aliphatic carbocycles. The molecule has 2 N–H and O–H groups in total. The molecule has 3 aromatic heterocycles. The van der Waals surface area contributed by atoms with Crippen LogP contribution in [0.2, 0.25) is 10.0 Å². The number of amides is 1. The first-order chi connectivity index (χ1) is 26.2. The highest BCUT2D eigenvalue weighted by atomic mass is 35.5. The molecule has 0 saturated carbocycles. The van der Waals surface area contributed by atoms with Gasteiger partial charge in [-0.1, -0.05) is 83.9 Å². The Morgan fingerprint density at radius 1 is 0.796 bits per heavy atom. The number of nitrogens with one attached hydrogen (secondary N) is 2. The third kappa shape index (κ3) is 9.13. The topological polar surface area (TPSA) is 98.8 Å². The molecular formula is C42H50Cl2N6O4. The Kier molecular flexibility index (Phi) is 12.6. The van der Waals surface area contributed by atoms with Crippen LogP contribution in [0.25, 0.3) is 10.9 Å². The van der Waals surface area contributed by atoms with Gasteiger partial charge in [0, 0.05) is 74.3 Å². The Labute approximate surface area is 326 Å². The number of H-pyrrole nitrogens is 2. The normalized spacial score (nSPS) is 17.9. The van der Waals surface area contributed by atoms with Crippen molar-refractivity contribution in [2.75, 3.05) is 45.9 Å². The average molecular weight is 774 g/mol. The van der Waals surface area contributed by atoms with E-state index in [1.165, 1.54) is 11.1 Å². The van der Waals surface area contributed by atoms with Gasteiger partial charge in [-0.05, 0) is 62.8 Å². The lowest BCUT2D eigenvalue weighted by molar-refractivity contribution is -0.0659. The largest absolute Gasteiger partial charge is 0.353 e. The van der Waals surface area contributed by atoms with Crippen LogP contribution in [0, 0.1) is 13.8 Å². The summed E-state index contributed by atoms with van der Waals surface area (Å²) in [5.41, 5.74) is 5.51. The molecule has 0 radical (unpaired) electrons. The zero-order chi connectivity index (χ0) is 37.6. The highest BCUT2D eigenvalue weighted by Crippen LogP contribution is 2.28. The second-order valence-corrected chi connectivity index (χ2v) is 15.4. The number of nitrogens with zero attached hydrogens (tertiary/aromatic N) is 4. The van der Waals surface area contributed by atoms with Gasteiger partial charge in [-0.15, -0.1) is 0 Å². The van der Waals surface area contributed by atoms with Gasteiger partial charge in [0.25, 0.3) is 11.5 Å². The molecule has 3 aliphatic heterocycles. The van der Waals surface area contributed by atoms with Crippen LogP contribution in [-0.2, 0) is 22.6 Å². The third-order valence-corrected chi connectivity index (χ3v) is 11.8. The van der Waals surface area contributed by atoms with Crippen molar-refractivity contribution < 1.29 is 14.3 Å². The van der Waals surface area contributed by atoms with Crippen molar-refractivity contribution in [2.24, 2.45) is 0 Å². The monoisotopic (exact) mass is 772 g/mol. The van der Waals surface area contributed by atoms with Crippen LogP contribution in [-0.4, -0.2) is 93.4 Å². The molecule has 0 bridgehead atoms. The third-order valence-electron chi connectivity index (χ3n) is 10.9. The smallest absolute Gasteiger partial charge is 0.275 e. The molecule has 6 heterocycles. The number of aromatic amines is 2. The van der Waals surface area contributed by atoms with Crippen LogP contribution < -0.4 is 5.56 Å². The second kappa shape index (κ2) is 17.7. The average Bonchev–Trinajstić information content (AvgIpc) is 3.92. The summed E-state index contributed by atoms with van der Waals surface area (Å²) in [5.74, 6) is -0.0411. The minimum absolute atomic E-state index is 0.0361. The van der Waals surface area contributed by atoms with Crippen LogP contribution in [0.5, 0.6) is 0 Å². The summed E-state index contributed by atoms with van der Waals surface area (Å²) in [7, 11) is 0. The van der Waals surface area contributed by atoms with E-state index in [-0.39, 0.29) is 29.8 Å². The van der Waals surface area contributed by atoms with E-state index in [0.717, 1.165) is 81.7 Å². The van der Waals surface area contributed by atoms with Crippen LogP contribution in [0.4, 0.5) is 0 Å². The Hall–Kier alpha value is -3.90. The minimum Gasteiger partial charge on any atom is -0.353 e. The number of benzene rings is 2. The molecule has 286 valence electrons. The maximum absolute atomic E-state index is 13.3. The van der Waals surface area contributed by atoms with E-state index in [1.54, 1.807) is 6.07 Å². The summed E-state index contributed by atoms with van der Waals surface area (Å²) >= 11 is 12.4. The predicted octanol–water partition coefficient (Wildman–Crippen LogP) is 7.58. The summed E-state index contributed by atoms with van der Waals surface area (Å²) < 4.78 is 13.1. The lowest BCUT2D eigenvalue weighted by Crippen LogP contribution is -2.50. The van der Waals surface area contributed by atoms with Crippen molar-refractivity contribution in [1.29, 1.82) is 0 Å². The molecule has 8 rings (SSSR count). The zero-order valence-electron chi connectivity index (χ0n) is 31.1. The molecule has 10 nitrogen and oxygen atoms in total. The van der Waals surface area contributed by atoms with Gasteiger partial charge in [-0.3, -0.25) is 19.4 Å². The number of hydrogen-bond donors (Lipinski definition) is 2. The summed E-state index contributed by atoms with van der Waals surface area (Å²) in [6.07, 6.45) is 5.39. The van der Waals surface area contributed by atoms with Crippen LogP contribution >= 0.6 is 23.2 Å². The van der Waals surface area contributed by atoms with Crippen molar-refractivity contribution in [3.8, 4) is 0 Å². The number of piperidine rings is 2. The summed E-state index contributed by atoms with van der Waals surface area (Å²) in [4.78, 5) is 39.2. The number of aromatic nitrogens is 3. The van der Waals surface area contributed by atoms with Gasteiger partial charge < -0.3 is 28.9 Å². The van der Waals surface area contributed by atoms with E-state index >= 15 is 0 Å². The van der Waals surface area contributed by atoms with Crippen molar-refractivity contribution in [2.45, 2.75) is 71.0 Å². The summed E-state index contributed by atoms with van der Waals surface area (Å²) in [6.45, 7) is 11.2. The standard InChI is InChI=1S/C22H28ClN3O3.C20H22ClN3O/c1-16-19(23)13-20(24-16)22(27)26(15-21-28-11-12-29-21)18-7-9-25(10-8-18)14-17-5-3-2-4-6-17;1-14-18(21)17-9-12-24(20(25)19(17)22-14)16-7-10-23(11-8-16)13-15-5-3-2-4-6-15/h2-6,13,18,21,24H,7-12,14-15H2,1H3;2-6,9,12,16,22H,7-8,10-11,13H2,1H3. The lowest BCUT2D eigenvalue weighted by atomic mass is 10.0. The fraction of sp³-hybridized carbons (Fsp3) is 0.429. The highest BCUT2D eigenvalue weighted by Gasteiger charge is 2.33. The summed E-state index contributed by atoms with van der Waals surface area (Å²) in [5, 5.41) is 2.05. The van der Waals surface area contributed by atoms with E-state index in [4.69, 9.17) is 32.7 Å². The van der Waals surface area contributed by atoms with E-state index < -0.39 is 0 Å². The van der Waals surface area contributed by atoms with E-state index in [1.807, 2.05) is 47.7 Å². The number of rotatable bonds is 9. The SMILES string of the molecule is Cc1[nH]c(C(=O)N(CC2OCCO2)C2CCN(Cc3ccccc3)CC2)cc1Cl.Cc1[nH]c2c(=O)n(C3CCN(Cc4ccccc4)CC3)ccc2c1Cl. The van der Waals surface area contributed by atoms with Gasteiger partial charge in [0.15, 0.2) is 6.29 Å². The summed E-state index contributed by atoms with van der Waals surface area (Å²) in [6, 6.07) is 25.2. The Morgan fingerprint density at radius 3 is 1.93 bits per heavy atom. The Bertz CT molecular complexity index is 2020. The molecule has 3 fully saturated rings. The van der Waals surface area contributed by atoms with Crippen LogP contribution in [0.15, 0.2) is 83.8 Å². The second-order valence-electron chi connectivity index (χ2n) is 14.7. The van der Waals surface area contributed by atoms with E-state index in [9.17, 15) is 9.59 Å². The minimum atomic E-state index is -0.354. The van der Waals surface area contributed by atoms with Gasteiger partial charge in [0.1, 0.15) is 11.2 Å². The number of carbonyl (C=O) groups excluding carboxylic acids is 1. The maximum atomic E-state index is 13.3. The molecule has 3 aliphatic rings. The molecule has 0 spiro atoms. The van der Waals surface area contributed by atoms with Gasteiger partial charge in [-0.2, -0.15) is 0 Å². The van der Waals surface area contributed by atoms with Crippen molar-refractivity contribution >= 4 is 40.0 Å². The molecule has 0 unspecified atom stereocenters. The Balaban J connectivity index is 0.000000168. The highest BCUT2D eigenvalue weighted by molar-refractivity contribution is 6.36. The number of pyridine rings is 1. The molecule has 12 heteroatoms. The van der Waals surface area contributed by atoms with Gasteiger partial charge in [0.05, 0.1) is 29.8 Å². The number of carbonyl (C=O) groups is 1. The number of fused-ring (bicyclic) bond motifs is 1. The van der Waals surface area contributed by atoms with E-state index in [0.29, 0.717) is 41.0 Å². The van der Waals surface area contributed by atoms with Crippen LogP contribution in [0.3, 0.4) is 0 Å². The first-order valence-electron chi connectivity index (χ1n) is 19.0. The number of aryl methyl sites for hydroxylation is 2. The van der Waals surface area contributed by atoms with Crippen molar-refractivity contribution in [1.82, 2.24) is 29.2 Å². The molecule has 54 heavy (non-hydrogen) atoms. The fourth-order valence-corrected chi connectivity index (χ4v) is 8.25.